The number of ether oxygens (including phenoxy) is 1. The average Bonchev–Trinajstić information content (AvgIpc) is 2.09. The lowest BCUT2D eigenvalue weighted by Crippen LogP contribution is -2.45. The summed E-state index contributed by atoms with van der Waals surface area (Å²) in [6.07, 6.45) is 7.71. The Morgan fingerprint density at radius 1 is 1.15 bits per heavy atom. The molecule has 1 N–H and O–H groups in total. The Bertz CT molecular complexity index is 125. The number of unbranched alkanes of at least 4 members (excludes halogenated alkanes) is 4. The smallest absolute Gasteiger partial charge is 0.0566 e. The van der Waals surface area contributed by atoms with Gasteiger partial charge in [0.05, 0.1) is 19.8 Å². The second-order valence-corrected chi connectivity index (χ2v) is 4.32. The maximum absolute atomic E-state index is 9.16. The molecule has 1 heterocycles. The van der Waals surface area contributed by atoms with Gasteiger partial charge in [0.1, 0.15) is 0 Å². The Balaban J connectivity index is 1.98. The van der Waals surface area contributed by atoms with E-state index in [0.717, 1.165) is 19.6 Å². The number of aliphatic hydroxyl groups is 1. The van der Waals surface area contributed by atoms with E-state index < -0.39 is 0 Å². The van der Waals surface area contributed by atoms with Crippen LogP contribution in [0.25, 0.3) is 0 Å². The highest BCUT2D eigenvalue weighted by atomic mass is 16.5. The van der Waals surface area contributed by atoms with Gasteiger partial charge in [-0.05, 0) is 6.42 Å². The highest BCUT2D eigenvalue weighted by Crippen LogP contribution is 2.32. The normalized spacial score (nSPS) is 19.8. The number of hydrogen-bond acceptors (Lipinski definition) is 2. The number of hydrogen-bond donors (Lipinski definition) is 1. The minimum absolute atomic E-state index is 0.145. The van der Waals surface area contributed by atoms with Crippen LogP contribution in [0, 0.1) is 5.41 Å². The summed E-state index contributed by atoms with van der Waals surface area (Å²) in [5.74, 6) is 0. The van der Waals surface area contributed by atoms with E-state index in [1.807, 2.05) is 0 Å². The standard InChI is InChI=1S/C11H22O2/c1-2-3-4-5-6-7-11(8-12)9-13-10-11/h12H,2-10H2,1H3. The first-order valence-corrected chi connectivity index (χ1v) is 5.51. The largest absolute Gasteiger partial charge is 0.396 e. The Morgan fingerprint density at radius 2 is 1.85 bits per heavy atom. The van der Waals surface area contributed by atoms with Crippen LogP contribution in [0.3, 0.4) is 0 Å². The van der Waals surface area contributed by atoms with E-state index in [0.29, 0.717) is 6.61 Å². The first kappa shape index (κ1) is 11.0. The fourth-order valence-corrected chi connectivity index (χ4v) is 1.81. The summed E-state index contributed by atoms with van der Waals surface area (Å²) < 4.78 is 5.15. The maximum Gasteiger partial charge on any atom is 0.0566 e. The predicted octanol–water partition coefficient (Wildman–Crippen LogP) is 2.36. The molecule has 1 aliphatic rings. The Hall–Kier alpha value is -0.0800. The lowest BCUT2D eigenvalue weighted by molar-refractivity contribution is -0.141. The zero-order chi connectivity index (χ0) is 9.57. The SMILES string of the molecule is CCCCCCCC1(CO)COC1. The van der Waals surface area contributed by atoms with Gasteiger partial charge < -0.3 is 9.84 Å². The summed E-state index contributed by atoms with van der Waals surface area (Å²) >= 11 is 0. The molecule has 1 saturated heterocycles. The Morgan fingerprint density at radius 3 is 2.31 bits per heavy atom. The van der Waals surface area contributed by atoms with Gasteiger partial charge in [0.2, 0.25) is 0 Å². The van der Waals surface area contributed by atoms with Crippen LogP contribution in [0.15, 0.2) is 0 Å². The molecule has 0 bridgehead atoms. The van der Waals surface area contributed by atoms with Crippen LogP contribution in [0.2, 0.25) is 0 Å². The second-order valence-electron chi connectivity index (χ2n) is 4.32. The van der Waals surface area contributed by atoms with Gasteiger partial charge in [-0.25, -0.2) is 0 Å². The predicted molar refractivity (Wildman–Crippen MR) is 53.7 cm³/mol. The van der Waals surface area contributed by atoms with E-state index in [1.165, 1.54) is 32.1 Å². The quantitative estimate of drug-likeness (QED) is 0.618. The molecule has 0 saturated carbocycles. The zero-order valence-electron chi connectivity index (χ0n) is 8.72. The summed E-state index contributed by atoms with van der Waals surface area (Å²) in [5.41, 5.74) is 0.145. The molecule has 1 rings (SSSR count). The van der Waals surface area contributed by atoms with Gasteiger partial charge in [-0.2, -0.15) is 0 Å². The van der Waals surface area contributed by atoms with Crippen molar-refractivity contribution >= 4 is 0 Å². The average molecular weight is 186 g/mol. The lowest BCUT2D eigenvalue weighted by atomic mass is 9.81. The molecule has 0 aromatic heterocycles. The Labute approximate surface area is 81.3 Å². The molecule has 2 nitrogen and oxygen atoms in total. The molecule has 0 spiro atoms. The summed E-state index contributed by atoms with van der Waals surface area (Å²) in [6, 6.07) is 0. The first-order valence-electron chi connectivity index (χ1n) is 5.51. The third kappa shape index (κ3) is 3.28. The van der Waals surface area contributed by atoms with E-state index in [2.05, 4.69) is 6.92 Å². The number of rotatable bonds is 7. The van der Waals surface area contributed by atoms with Crippen molar-refractivity contribution in [3.63, 3.8) is 0 Å². The molecule has 0 radical (unpaired) electrons. The molecule has 1 aliphatic heterocycles. The van der Waals surface area contributed by atoms with Crippen molar-refractivity contribution in [1.82, 2.24) is 0 Å². The van der Waals surface area contributed by atoms with Gasteiger partial charge in [0.25, 0.3) is 0 Å². The third-order valence-corrected chi connectivity index (χ3v) is 2.96. The van der Waals surface area contributed by atoms with Gasteiger partial charge in [0, 0.05) is 5.41 Å². The van der Waals surface area contributed by atoms with Crippen molar-refractivity contribution in [3.05, 3.63) is 0 Å². The molecule has 78 valence electrons. The summed E-state index contributed by atoms with van der Waals surface area (Å²) in [4.78, 5) is 0. The lowest BCUT2D eigenvalue weighted by Gasteiger charge is -2.40. The van der Waals surface area contributed by atoms with Crippen LogP contribution in [0.1, 0.15) is 45.4 Å². The molecule has 0 aromatic rings. The zero-order valence-corrected chi connectivity index (χ0v) is 8.72. The molecule has 13 heavy (non-hydrogen) atoms. The summed E-state index contributed by atoms with van der Waals surface area (Å²) in [5, 5.41) is 9.16. The second kappa shape index (κ2) is 5.61. The van der Waals surface area contributed by atoms with Crippen LogP contribution < -0.4 is 0 Å². The van der Waals surface area contributed by atoms with E-state index in [9.17, 15) is 0 Å². The molecule has 0 aliphatic carbocycles. The topological polar surface area (TPSA) is 29.5 Å². The van der Waals surface area contributed by atoms with Crippen LogP contribution in [0.5, 0.6) is 0 Å². The highest BCUT2D eigenvalue weighted by Gasteiger charge is 2.36. The van der Waals surface area contributed by atoms with E-state index >= 15 is 0 Å². The van der Waals surface area contributed by atoms with Crippen molar-refractivity contribution < 1.29 is 9.84 Å². The van der Waals surface area contributed by atoms with Gasteiger partial charge in [-0.1, -0.05) is 39.0 Å². The Kier molecular flexibility index (Phi) is 4.74. The summed E-state index contributed by atoms with van der Waals surface area (Å²) in [7, 11) is 0. The van der Waals surface area contributed by atoms with E-state index in [-0.39, 0.29) is 5.41 Å². The monoisotopic (exact) mass is 186 g/mol. The maximum atomic E-state index is 9.16. The van der Waals surface area contributed by atoms with Crippen molar-refractivity contribution in [2.75, 3.05) is 19.8 Å². The van der Waals surface area contributed by atoms with Gasteiger partial charge in [0.15, 0.2) is 0 Å². The van der Waals surface area contributed by atoms with Crippen molar-refractivity contribution in [3.8, 4) is 0 Å². The summed E-state index contributed by atoms with van der Waals surface area (Å²) in [6.45, 7) is 4.09. The third-order valence-electron chi connectivity index (χ3n) is 2.96. The molecule has 0 aromatic carbocycles. The number of aliphatic hydroxyl groups excluding tert-OH is 1. The van der Waals surface area contributed by atoms with Crippen LogP contribution in [-0.4, -0.2) is 24.9 Å². The van der Waals surface area contributed by atoms with Crippen molar-refractivity contribution in [2.24, 2.45) is 5.41 Å². The fourth-order valence-electron chi connectivity index (χ4n) is 1.81. The van der Waals surface area contributed by atoms with Crippen LogP contribution >= 0.6 is 0 Å². The molecule has 0 atom stereocenters. The van der Waals surface area contributed by atoms with Gasteiger partial charge in [-0.3, -0.25) is 0 Å². The first-order chi connectivity index (χ1) is 6.33. The van der Waals surface area contributed by atoms with Crippen molar-refractivity contribution in [2.45, 2.75) is 45.4 Å². The van der Waals surface area contributed by atoms with Crippen molar-refractivity contribution in [1.29, 1.82) is 0 Å². The molecule has 0 amide bonds. The van der Waals surface area contributed by atoms with Gasteiger partial charge >= 0.3 is 0 Å². The molecular weight excluding hydrogens is 164 g/mol. The fraction of sp³-hybridized carbons (Fsp3) is 1.00. The molecule has 2 heteroatoms. The molecular formula is C11H22O2. The molecule has 0 unspecified atom stereocenters. The van der Waals surface area contributed by atoms with E-state index in [4.69, 9.17) is 9.84 Å². The highest BCUT2D eigenvalue weighted by molar-refractivity contribution is 4.84. The van der Waals surface area contributed by atoms with Crippen LogP contribution in [-0.2, 0) is 4.74 Å². The minimum Gasteiger partial charge on any atom is -0.396 e. The van der Waals surface area contributed by atoms with E-state index in [1.54, 1.807) is 0 Å². The minimum atomic E-state index is 0.145. The van der Waals surface area contributed by atoms with Gasteiger partial charge in [-0.15, -0.1) is 0 Å². The van der Waals surface area contributed by atoms with Crippen LogP contribution in [0.4, 0.5) is 0 Å². The molecule has 1 fully saturated rings.